The van der Waals surface area contributed by atoms with Crippen LogP contribution < -0.4 is 0 Å². The van der Waals surface area contributed by atoms with Crippen LogP contribution in [0.25, 0.3) is 0 Å². The van der Waals surface area contributed by atoms with Crippen LogP contribution in [-0.4, -0.2) is 19.9 Å². The number of carbonyl (C=O) groups excluding carboxylic acids is 1. The second-order valence-electron chi connectivity index (χ2n) is 3.68. The quantitative estimate of drug-likeness (QED) is 0.631. The molecule has 0 aromatic carbocycles. The summed E-state index contributed by atoms with van der Waals surface area (Å²) in [5, 5.41) is 0.488. The first-order valence-corrected chi connectivity index (χ1v) is 5.76. The number of carbonyl (C=O) groups is 1. The summed E-state index contributed by atoms with van der Waals surface area (Å²) < 4.78 is 5.72. The average Bonchev–Trinajstić information content (AvgIpc) is 2.74. The number of imidazole rings is 1. The van der Waals surface area contributed by atoms with Crippen molar-refractivity contribution in [1.82, 2.24) is 9.55 Å². The Morgan fingerprint density at radius 2 is 2.38 bits per heavy atom. The van der Waals surface area contributed by atoms with Gasteiger partial charge in [-0.05, 0) is 6.42 Å². The van der Waals surface area contributed by atoms with Crippen molar-refractivity contribution in [3.63, 3.8) is 0 Å². The van der Waals surface area contributed by atoms with Gasteiger partial charge in [-0.2, -0.15) is 0 Å². The van der Waals surface area contributed by atoms with Crippen molar-refractivity contribution in [3.05, 3.63) is 17.2 Å². The number of alkyl halides is 2. The fourth-order valence-electron chi connectivity index (χ4n) is 1.26. The topological polar surface area (TPSA) is 44.1 Å². The molecule has 0 N–H and O–H groups in total. The predicted octanol–water partition coefficient (Wildman–Crippen LogP) is 2.31. The van der Waals surface area contributed by atoms with E-state index in [1.807, 2.05) is 0 Å². The van der Waals surface area contributed by atoms with Crippen LogP contribution in [0.2, 0.25) is 5.15 Å². The monoisotopic (exact) mass is 282 g/mol. The first kappa shape index (κ1) is 12.0. The molecule has 1 aliphatic carbocycles. The number of hydrogen-bond acceptors (Lipinski definition) is 3. The van der Waals surface area contributed by atoms with E-state index >= 15 is 0 Å². The minimum absolute atomic E-state index is 0.0718. The third kappa shape index (κ3) is 2.29. The van der Waals surface area contributed by atoms with E-state index in [4.69, 9.17) is 39.5 Å². The Morgan fingerprint density at radius 1 is 1.75 bits per heavy atom. The number of esters is 1. The van der Waals surface area contributed by atoms with Crippen molar-refractivity contribution in [2.24, 2.45) is 13.0 Å². The number of rotatable bonds is 3. The molecule has 0 bridgehead atoms. The molecule has 0 amide bonds. The van der Waals surface area contributed by atoms with E-state index in [2.05, 4.69) is 4.98 Å². The summed E-state index contributed by atoms with van der Waals surface area (Å²) in [5.41, 5.74) is 0. The van der Waals surface area contributed by atoms with Crippen LogP contribution >= 0.6 is 34.8 Å². The molecule has 0 spiro atoms. The van der Waals surface area contributed by atoms with Crippen LogP contribution in [0, 0.1) is 5.92 Å². The van der Waals surface area contributed by atoms with E-state index in [-0.39, 0.29) is 6.61 Å². The highest BCUT2D eigenvalue weighted by molar-refractivity contribution is 6.52. The van der Waals surface area contributed by atoms with Crippen molar-refractivity contribution < 1.29 is 9.53 Å². The van der Waals surface area contributed by atoms with Gasteiger partial charge in [0.25, 0.3) is 0 Å². The molecule has 1 unspecified atom stereocenters. The van der Waals surface area contributed by atoms with Crippen LogP contribution in [0.1, 0.15) is 12.2 Å². The molecule has 1 aliphatic rings. The number of nitrogens with zero attached hydrogens (tertiary/aromatic N) is 2. The molecule has 2 rings (SSSR count). The molecule has 4 nitrogen and oxygen atoms in total. The third-order valence-electron chi connectivity index (χ3n) is 2.48. The van der Waals surface area contributed by atoms with Crippen molar-refractivity contribution in [1.29, 1.82) is 0 Å². The van der Waals surface area contributed by atoms with Gasteiger partial charge < -0.3 is 9.30 Å². The van der Waals surface area contributed by atoms with Crippen molar-refractivity contribution in [2.45, 2.75) is 17.4 Å². The number of aromatic nitrogens is 2. The molecule has 0 radical (unpaired) electrons. The Hall–Kier alpha value is -0.450. The number of halogens is 3. The van der Waals surface area contributed by atoms with Crippen LogP contribution in [-0.2, 0) is 23.2 Å². The van der Waals surface area contributed by atoms with E-state index in [1.165, 1.54) is 6.20 Å². The Balaban J connectivity index is 1.89. The highest BCUT2D eigenvalue weighted by atomic mass is 35.5. The van der Waals surface area contributed by atoms with Gasteiger partial charge in [-0.3, -0.25) is 4.79 Å². The van der Waals surface area contributed by atoms with E-state index in [9.17, 15) is 4.79 Å². The SMILES string of the molecule is Cn1c(Cl)cnc1COC(=O)C1CC1(Cl)Cl. The summed E-state index contributed by atoms with van der Waals surface area (Å²) in [6.07, 6.45) is 1.94. The normalized spacial score (nSPS) is 21.9. The lowest BCUT2D eigenvalue weighted by molar-refractivity contribution is -0.146. The highest BCUT2D eigenvalue weighted by Crippen LogP contribution is 2.53. The fourth-order valence-corrected chi connectivity index (χ4v) is 1.90. The van der Waals surface area contributed by atoms with Crippen LogP contribution in [0.4, 0.5) is 0 Å². The van der Waals surface area contributed by atoms with Crippen LogP contribution in [0.3, 0.4) is 0 Å². The molecular formula is C9H9Cl3N2O2. The zero-order valence-corrected chi connectivity index (χ0v) is 10.7. The first-order chi connectivity index (χ1) is 7.42. The molecule has 0 saturated heterocycles. The maximum atomic E-state index is 11.5. The molecule has 1 fully saturated rings. The zero-order valence-electron chi connectivity index (χ0n) is 8.41. The van der Waals surface area contributed by atoms with Gasteiger partial charge in [0.2, 0.25) is 0 Å². The fraction of sp³-hybridized carbons (Fsp3) is 0.556. The van der Waals surface area contributed by atoms with Crippen LogP contribution in [0.15, 0.2) is 6.20 Å². The van der Waals surface area contributed by atoms with Gasteiger partial charge >= 0.3 is 5.97 Å². The van der Waals surface area contributed by atoms with E-state index in [0.29, 0.717) is 17.4 Å². The number of ether oxygens (including phenoxy) is 1. The van der Waals surface area contributed by atoms with E-state index < -0.39 is 16.2 Å². The van der Waals surface area contributed by atoms with Gasteiger partial charge in [-0.1, -0.05) is 11.6 Å². The Kier molecular flexibility index (Phi) is 3.07. The molecule has 1 atom stereocenters. The molecule has 1 aromatic heterocycles. The third-order valence-corrected chi connectivity index (χ3v) is 3.67. The van der Waals surface area contributed by atoms with Gasteiger partial charge in [-0.15, -0.1) is 23.2 Å². The summed E-state index contributed by atoms with van der Waals surface area (Å²) in [6.45, 7) is 0.0718. The standard InChI is InChI=1S/C9H9Cl3N2O2/c1-14-6(10)3-13-7(14)4-16-8(15)5-2-9(5,11)12/h3,5H,2,4H2,1H3. The molecule has 1 aromatic rings. The summed E-state index contributed by atoms with van der Waals surface area (Å²) in [7, 11) is 1.74. The first-order valence-electron chi connectivity index (χ1n) is 4.62. The second-order valence-corrected chi connectivity index (χ2v) is 5.61. The van der Waals surface area contributed by atoms with Gasteiger partial charge in [-0.25, -0.2) is 4.98 Å². The van der Waals surface area contributed by atoms with Crippen molar-refractivity contribution >= 4 is 40.8 Å². The van der Waals surface area contributed by atoms with Crippen LogP contribution in [0.5, 0.6) is 0 Å². The molecule has 7 heteroatoms. The Morgan fingerprint density at radius 3 is 2.81 bits per heavy atom. The lowest BCUT2D eigenvalue weighted by atomic mass is 10.4. The van der Waals surface area contributed by atoms with Crippen molar-refractivity contribution in [2.75, 3.05) is 0 Å². The molecule has 88 valence electrons. The summed E-state index contributed by atoms with van der Waals surface area (Å²) >= 11 is 17.3. The summed E-state index contributed by atoms with van der Waals surface area (Å²) in [5.74, 6) is -0.246. The Labute approximate surface area is 107 Å². The van der Waals surface area contributed by atoms with Gasteiger partial charge in [0, 0.05) is 7.05 Å². The summed E-state index contributed by atoms with van der Waals surface area (Å²) in [4.78, 5) is 15.4. The predicted molar refractivity (Wildman–Crippen MR) is 60.6 cm³/mol. The lowest BCUT2D eigenvalue weighted by Gasteiger charge is -2.05. The lowest BCUT2D eigenvalue weighted by Crippen LogP contribution is -2.12. The molecule has 0 aliphatic heterocycles. The minimum atomic E-state index is -0.948. The smallest absolute Gasteiger partial charge is 0.312 e. The second kappa shape index (κ2) is 4.09. The highest BCUT2D eigenvalue weighted by Gasteiger charge is 2.57. The van der Waals surface area contributed by atoms with E-state index in [0.717, 1.165) is 0 Å². The van der Waals surface area contributed by atoms with Gasteiger partial charge in [0.15, 0.2) is 0 Å². The zero-order chi connectivity index (χ0) is 11.9. The maximum absolute atomic E-state index is 11.5. The largest absolute Gasteiger partial charge is 0.457 e. The maximum Gasteiger partial charge on any atom is 0.312 e. The minimum Gasteiger partial charge on any atom is -0.457 e. The van der Waals surface area contributed by atoms with E-state index in [1.54, 1.807) is 11.6 Å². The van der Waals surface area contributed by atoms with Gasteiger partial charge in [0.1, 0.15) is 21.9 Å². The molecule has 1 saturated carbocycles. The average molecular weight is 284 g/mol. The number of hydrogen-bond donors (Lipinski definition) is 0. The Bertz CT molecular complexity index is 430. The summed E-state index contributed by atoms with van der Waals surface area (Å²) in [6, 6.07) is 0. The van der Waals surface area contributed by atoms with Gasteiger partial charge in [0.05, 0.1) is 12.1 Å². The molecular weight excluding hydrogens is 274 g/mol. The molecule has 16 heavy (non-hydrogen) atoms. The molecule has 1 heterocycles. The van der Waals surface area contributed by atoms with Crippen molar-refractivity contribution in [3.8, 4) is 0 Å².